The summed E-state index contributed by atoms with van der Waals surface area (Å²) in [6.45, 7) is 13.2. The Morgan fingerprint density at radius 2 is 1.85 bits per heavy atom. The summed E-state index contributed by atoms with van der Waals surface area (Å²) in [6, 6.07) is 0. The Labute approximate surface area is 84.0 Å². The molecule has 0 bridgehead atoms. The number of rotatable bonds is 3. The van der Waals surface area contributed by atoms with Crippen molar-refractivity contribution in [1.29, 1.82) is 0 Å². The van der Waals surface area contributed by atoms with Crippen LogP contribution in [0.15, 0.2) is 0 Å². The Bertz CT molecular complexity index is 195. The van der Waals surface area contributed by atoms with Gasteiger partial charge in [0.25, 0.3) is 0 Å². The van der Waals surface area contributed by atoms with Gasteiger partial charge in [0.05, 0.1) is 0 Å². The summed E-state index contributed by atoms with van der Waals surface area (Å²) in [6.07, 6.45) is 6.29. The van der Waals surface area contributed by atoms with Gasteiger partial charge >= 0.3 is 0 Å². The fraction of sp³-hybridized carbons (Fsp3) is 0.818. The van der Waals surface area contributed by atoms with Gasteiger partial charge in [0.1, 0.15) is 6.10 Å². The van der Waals surface area contributed by atoms with Crippen molar-refractivity contribution in [1.82, 2.24) is 0 Å². The SMILES string of the molecule is C#CC(CC)O[Si](C)(C)C(C)(C)C. The monoisotopic (exact) mass is 198 g/mol. The lowest BCUT2D eigenvalue weighted by molar-refractivity contribution is 0.229. The Morgan fingerprint density at radius 3 is 2.08 bits per heavy atom. The molecule has 0 N–H and O–H groups in total. The zero-order chi connectivity index (χ0) is 10.7. The summed E-state index contributed by atoms with van der Waals surface area (Å²) in [5.41, 5.74) is 0. The van der Waals surface area contributed by atoms with E-state index in [0.717, 1.165) is 6.42 Å². The fourth-order valence-corrected chi connectivity index (χ4v) is 2.07. The van der Waals surface area contributed by atoms with Crippen LogP contribution in [0.3, 0.4) is 0 Å². The molecule has 0 aliphatic heterocycles. The molecule has 2 heteroatoms. The minimum Gasteiger partial charge on any atom is -0.403 e. The van der Waals surface area contributed by atoms with E-state index < -0.39 is 8.32 Å². The third kappa shape index (κ3) is 3.54. The van der Waals surface area contributed by atoms with Gasteiger partial charge in [-0.1, -0.05) is 33.6 Å². The van der Waals surface area contributed by atoms with E-state index in [1.54, 1.807) is 0 Å². The molecule has 76 valence electrons. The molecule has 13 heavy (non-hydrogen) atoms. The van der Waals surface area contributed by atoms with Crippen molar-refractivity contribution < 1.29 is 4.43 Å². The Hall–Kier alpha value is -0.263. The second-order valence-corrected chi connectivity index (χ2v) is 9.70. The first-order valence-corrected chi connectivity index (χ1v) is 7.79. The van der Waals surface area contributed by atoms with E-state index in [-0.39, 0.29) is 11.1 Å². The molecule has 0 aromatic carbocycles. The summed E-state index contributed by atoms with van der Waals surface area (Å²) in [4.78, 5) is 0. The van der Waals surface area contributed by atoms with Crippen LogP contribution in [0.4, 0.5) is 0 Å². The fourth-order valence-electron chi connectivity index (χ4n) is 0.768. The van der Waals surface area contributed by atoms with E-state index in [0.29, 0.717) is 0 Å². The van der Waals surface area contributed by atoms with Crippen molar-refractivity contribution in [3.8, 4) is 12.3 Å². The largest absolute Gasteiger partial charge is 0.403 e. The van der Waals surface area contributed by atoms with Gasteiger partial charge in [0, 0.05) is 0 Å². The van der Waals surface area contributed by atoms with Gasteiger partial charge in [-0.2, -0.15) is 0 Å². The molecule has 0 radical (unpaired) electrons. The smallest absolute Gasteiger partial charge is 0.193 e. The molecular formula is C11H22OSi. The Kier molecular flexibility index (Phi) is 4.21. The molecule has 0 aromatic heterocycles. The summed E-state index contributed by atoms with van der Waals surface area (Å²) in [7, 11) is -1.65. The first kappa shape index (κ1) is 12.7. The van der Waals surface area contributed by atoms with Crippen LogP contribution in [0.1, 0.15) is 34.1 Å². The lowest BCUT2D eigenvalue weighted by atomic mass is 10.2. The van der Waals surface area contributed by atoms with Gasteiger partial charge in [-0.25, -0.2) is 0 Å². The molecule has 0 rings (SSSR count). The van der Waals surface area contributed by atoms with Crippen LogP contribution in [0.5, 0.6) is 0 Å². The van der Waals surface area contributed by atoms with Gasteiger partial charge in [0.15, 0.2) is 8.32 Å². The van der Waals surface area contributed by atoms with Crippen LogP contribution in [0, 0.1) is 12.3 Å². The number of terminal acetylenes is 1. The zero-order valence-corrected chi connectivity index (χ0v) is 10.8. The van der Waals surface area contributed by atoms with E-state index in [1.807, 2.05) is 0 Å². The van der Waals surface area contributed by atoms with Crippen molar-refractivity contribution in [2.45, 2.75) is 58.4 Å². The Morgan fingerprint density at radius 1 is 1.38 bits per heavy atom. The van der Waals surface area contributed by atoms with Gasteiger partial charge in [-0.3, -0.25) is 0 Å². The first-order valence-electron chi connectivity index (χ1n) is 4.88. The average molecular weight is 198 g/mol. The Balaban J connectivity index is 4.43. The average Bonchev–Trinajstić information content (AvgIpc) is 1.98. The molecule has 0 saturated heterocycles. The molecule has 0 aliphatic rings. The molecule has 0 aliphatic carbocycles. The first-order chi connectivity index (χ1) is 5.74. The number of hydrogen-bond donors (Lipinski definition) is 0. The van der Waals surface area contributed by atoms with Crippen LogP contribution >= 0.6 is 0 Å². The number of hydrogen-bond acceptors (Lipinski definition) is 1. The predicted molar refractivity (Wildman–Crippen MR) is 61.2 cm³/mol. The summed E-state index contributed by atoms with van der Waals surface area (Å²) in [5.74, 6) is 2.69. The summed E-state index contributed by atoms with van der Waals surface area (Å²) in [5, 5.41) is 0.247. The highest BCUT2D eigenvalue weighted by Gasteiger charge is 2.38. The summed E-state index contributed by atoms with van der Waals surface area (Å²) < 4.78 is 6.00. The van der Waals surface area contributed by atoms with Crippen molar-refractivity contribution in [3.63, 3.8) is 0 Å². The van der Waals surface area contributed by atoms with Crippen LogP contribution in [0.2, 0.25) is 18.1 Å². The van der Waals surface area contributed by atoms with E-state index in [1.165, 1.54) is 0 Å². The van der Waals surface area contributed by atoms with Gasteiger partial charge in [-0.05, 0) is 24.6 Å². The lowest BCUT2D eigenvalue weighted by Gasteiger charge is -2.37. The van der Waals surface area contributed by atoms with E-state index >= 15 is 0 Å². The van der Waals surface area contributed by atoms with Gasteiger partial charge in [0.2, 0.25) is 0 Å². The highest BCUT2D eigenvalue weighted by atomic mass is 28.4. The highest BCUT2D eigenvalue weighted by Crippen LogP contribution is 2.37. The molecule has 1 atom stereocenters. The van der Waals surface area contributed by atoms with Crippen molar-refractivity contribution in [3.05, 3.63) is 0 Å². The zero-order valence-electron chi connectivity index (χ0n) is 9.77. The molecule has 1 nitrogen and oxygen atoms in total. The van der Waals surface area contributed by atoms with E-state index in [4.69, 9.17) is 10.8 Å². The molecule has 1 unspecified atom stereocenters. The molecule has 0 aromatic rings. The maximum absolute atomic E-state index is 6.00. The molecule has 0 spiro atoms. The van der Waals surface area contributed by atoms with Crippen LogP contribution < -0.4 is 0 Å². The van der Waals surface area contributed by atoms with Crippen molar-refractivity contribution >= 4 is 8.32 Å². The van der Waals surface area contributed by atoms with Gasteiger partial charge < -0.3 is 4.43 Å². The molecule has 0 fully saturated rings. The normalized spacial score (nSPS) is 15.2. The second-order valence-electron chi connectivity index (χ2n) is 4.94. The minimum absolute atomic E-state index is 0.000826. The topological polar surface area (TPSA) is 9.23 Å². The maximum atomic E-state index is 6.00. The minimum atomic E-state index is -1.65. The molecular weight excluding hydrogens is 176 g/mol. The van der Waals surface area contributed by atoms with Crippen LogP contribution in [-0.4, -0.2) is 14.4 Å². The quantitative estimate of drug-likeness (QED) is 0.499. The molecule has 0 heterocycles. The second kappa shape index (κ2) is 4.30. The van der Waals surface area contributed by atoms with Crippen molar-refractivity contribution in [2.24, 2.45) is 0 Å². The van der Waals surface area contributed by atoms with Crippen LogP contribution in [-0.2, 0) is 4.43 Å². The molecule has 0 saturated carbocycles. The third-order valence-electron chi connectivity index (χ3n) is 2.80. The highest BCUT2D eigenvalue weighted by molar-refractivity contribution is 6.74. The van der Waals surface area contributed by atoms with E-state index in [9.17, 15) is 0 Å². The molecule has 0 amide bonds. The predicted octanol–water partition coefficient (Wildman–Crippen LogP) is 3.42. The van der Waals surface area contributed by atoms with Crippen LogP contribution in [0.25, 0.3) is 0 Å². The standard InChI is InChI=1S/C11H22OSi/c1-8-10(9-2)12-13(6,7)11(3,4)5/h1,10H,9H2,2-7H3. The maximum Gasteiger partial charge on any atom is 0.193 e. The van der Waals surface area contributed by atoms with Crippen molar-refractivity contribution in [2.75, 3.05) is 0 Å². The van der Waals surface area contributed by atoms with Gasteiger partial charge in [-0.15, -0.1) is 6.42 Å². The third-order valence-corrected chi connectivity index (χ3v) is 7.29. The lowest BCUT2D eigenvalue weighted by Crippen LogP contribution is -2.43. The van der Waals surface area contributed by atoms with E-state index in [2.05, 4.69) is 46.7 Å². The summed E-state index contributed by atoms with van der Waals surface area (Å²) >= 11 is 0.